The van der Waals surface area contributed by atoms with Crippen LogP contribution < -0.4 is 5.56 Å². The molecule has 2 aromatic carbocycles. The third kappa shape index (κ3) is 2.78. The number of halogens is 1. The number of nitriles is 1. The molecule has 6 nitrogen and oxygen atoms in total. The predicted octanol–water partition coefficient (Wildman–Crippen LogP) is 3.06. The van der Waals surface area contributed by atoms with E-state index in [0.717, 1.165) is 11.8 Å². The average molecular weight is 363 g/mol. The van der Waals surface area contributed by atoms with Crippen molar-refractivity contribution in [3.63, 3.8) is 0 Å². The summed E-state index contributed by atoms with van der Waals surface area (Å²) >= 11 is 1.14. The van der Waals surface area contributed by atoms with Crippen molar-refractivity contribution in [1.29, 1.82) is 5.26 Å². The first-order chi connectivity index (χ1) is 12.7. The van der Waals surface area contributed by atoms with Gasteiger partial charge in [-0.3, -0.25) is 4.79 Å². The molecule has 126 valence electrons. The summed E-state index contributed by atoms with van der Waals surface area (Å²) < 4.78 is 15.0. The van der Waals surface area contributed by atoms with E-state index < -0.39 is 11.4 Å². The molecule has 0 atom stereocenters. The SMILES string of the molecule is N#CCSc1nc2cc(F)ccc2c2nc(=O)c(-c3ccccc3)nn12. The van der Waals surface area contributed by atoms with Crippen LogP contribution in [0.5, 0.6) is 0 Å². The van der Waals surface area contributed by atoms with Gasteiger partial charge >= 0.3 is 0 Å². The smallest absolute Gasteiger partial charge is 0.265 e. The number of hydrogen-bond acceptors (Lipinski definition) is 6. The Hall–Kier alpha value is -3.31. The minimum Gasteiger partial charge on any atom is -0.265 e. The van der Waals surface area contributed by atoms with Crippen LogP contribution in [0, 0.1) is 17.1 Å². The van der Waals surface area contributed by atoms with Crippen molar-refractivity contribution >= 4 is 28.3 Å². The zero-order valence-electron chi connectivity index (χ0n) is 13.3. The first-order valence-electron chi connectivity index (χ1n) is 7.63. The zero-order valence-corrected chi connectivity index (χ0v) is 14.1. The summed E-state index contributed by atoms with van der Waals surface area (Å²) in [6.07, 6.45) is 0. The zero-order chi connectivity index (χ0) is 18.1. The lowest BCUT2D eigenvalue weighted by atomic mass is 10.2. The van der Waals surface area contributed by atoms with Crippen molar-refractivity contribution in [2.75, 3.05) is 5.75 Å². The number of rotatable bonds is 3. The second-order valence-electron chi connectivity index (χ2n) is 5.37. The summed E-state index contributed by atoms with van der Waals surface area (Å²) in [5.74, 6) is -0.306. The van der Waals surface area contributed by atoms with Crippen molar-refractivity contribution in [1.82, 2.24) is 19.6 Å². The summed E-state index contributed by atoms with van der Waals surface area (Å²) in [5.41, 5.74) is 0.969. The monoisotopic (exact) mass is 363 g/mol. The van der Waals surface area contributed by atoms with Gasteiger partial charge in [-0.25, -0.2) is 9.37 Å². The molecule has 0 amide bonds. The van der Waals surface area contributed by atoms with Gasteiger partial charge in [-0.05, 0) is 12.1 Å². The Bertz CT molecular complexity index is 1230. The van der Waals surface area contributed by atoms with Gasteiger partial charge in [0.1, 0.15) is 5.82 Å². The van der Waals surface area contributed by atoms with E-state index in [1.54, 1.807) is 24.3 Å². The number of nitrogens with zero attached hydrogens (tertiary/aromatic N) is 5. The van der Waals surface area contributed by atoms with E-state index in [2.05, 4.69) is 15.1 Å². The molecule has 0 aliphatic rings. The standard InChI is InChI=1S/C18H10FN5OS/c19-12-6-7-13-14(10-12)21-18(26-9-8-20)24-16(13)22-17(25)15(23-24)11-4-2-1-3-5-11/h1-7,10H,9H2. The molecule has 0 aliphatic carbocycles. The minimum atomic E-state index is -0.482. The Balaban J connectivity index is 2.08. The molecule has 4 aromatic rings. The van der Waals surface area contributed by atoms with Crippen LogP contribution in [-0.2, 0) is 0 Å². The topological polar surface area (TPSA) is 83.9 Å². The van der Waals surface area contributed by atoms with Crippen LogP contribution in [-0.4, -0.2) is 25.3 Å². The van der Waals surface area contributed by atoms with Gasteiger partial charge in [0.25, 0.3) is 5.56 Å². The fourth-order valence-electron chi connectivity index (χ4n) is 2.60. The molecule has 0 saturated heterocycles. The van der Waals surface area contributed by atoms with Gasteiger partial charge in [0.2, 0.25) is 0 Å². The predicted molar refractivity (Wildman–Crippen MR) is 96.3 cm³/mol. The second kappa shape index (κ2) is 6.54. The van der Waals surface area contributed by atoms with Gasteiger partial charge in [0, 0.05) is 17.0 Å². The number of aromatic nitrogens is 4. The summed E-state index contributed by atoms with van der Waals surface area (Å²) in [7, 11) is 0. The molecule has 0 spiro atoms. The van der Waals surface area contributed by atoms with Crippen LogP contribution in [0.2, 0.25) is 0 Å². The Morgan fingerprint density at radius 1 is 1.15 bits per heavy atom. The second-order valence-corrected chi connectivity index (χ2v) is 6.31. The van der Waals surface area contributed by atoms with Gasteiger partial charge in [0.15, 0.2) is 16.5 Å². The first-order valence-corrected chi connectivity index (χ1v) is 8.61. The van der Waals surface area contributed by atoms with E-state index in [-0.39, 0.29) is 17.1 Å². The molecule has 26 heavy (non-hydrogen) atoms. The summed E-state index contributed by atoms with van der Waals surface area (Å²) in [6.45, 7) is 0. The van der Waals surface area contributed by atoms with Gasteiger partial charge in [0.05, 0.1) is 17.3 Å². The van der Waals surface area contributed by atoms with Crippen LogP contribution in [0.1, 0.15) is 0 Å². The number of benzene rings is 2. The normalized spacial score (nSPS) is 10.9. The van der Waals surface area contributed by atoms with Gasteiger partial charge in [-0.1, -0.05) is 42.1 Å². The Morgan fingerprint density at radius 2 is 1.96 bits per heavy atom. The maximum Gasteiger partial charge on any atom is 0.300 e. The molecular formula is C18H10FN5OS. The Kier molecular flexibility index (Phi) is 4.07. The van der Waals surface area contributed by atoms with E-state index in [0.29, 0.717) is 21.6 Å². The van der Waals surface area contributed by atoms with Crippen LogP contribution in [0.3, 0.4) is 0 Å². The van der Waals surface area contributed by atoms with Crippen LogP contribution in [0.15, 0.2) is 58.5 Å². The van der Waals surface area contributed by atoms with Crippen molar-refractivity contribution in [3.8, 4) is 17.3 Å². The van der Waals surface area contributed by atoms with Gasteiger partial charge < -0.3 is 0 Å². The lowest BCUT2D eigenvalue weighted by molar-refractivity contribution is 0.629. The summed E-state index contributed by atoms with van der Waals surface area (Å²) in [6, 6.07) is 15.1. The highest BCUT2D eigenvalue weighted by atomic mass is 32.2. The third-order valence-corrected chi connectivity index (χ3v) is 4.52. The summed E-state index contributed by atoms with van der Waals surface area (Å²) in [5, 5.41) is 14.2. The summed E-state index contributed by atoms with van der Waals surface area (Å²) in [4.78, 5) is 21.1. The lowest BCUT2D eigenvalue weighted by Crippen LogP contribution is -2.17. The molecule has 0 saturated carbocycles. The molecule has 2 aromatic heterocycles. The average Bonchev–Trinajstić information content (AvgIpc) is 2.66. The van der Waals surface area contributed by atoms with Crippen molar-refractivity contribution in [2.24, 2.45) is 0 Å². The van der Waals surface area contributed by atoms with Crippen LogP contribution >= 0.6 is 11.8 Å². The number of hydrogen-bond donors (Lipinski definition) is 0. The Morgan fingerprint density at radius 3 is 2.73 bits per heavy atom. The highest BCUT2D eigenvalue weighted by Gasteiger charge is 2.15. The molecular weight excluding hydrogens is 353 g/mol. The molecule has 0 fully saturated rings. The van der Waals surface area contributed by atoms with Crippen molar-refractivity contribution in [3.05, 3.63) is 64.7 Å². The van der Waals surface area contributed by atoms with Gasteiger partial charge in [-0.2, -0.15) is 19.9 Å². The molecule has 0 bridgehead atoms. The number of thioether (sulfide) groups is 1. The fraction of sp³-hybridized carbons (Fsp3) is 0.0556. The minimum absolute atomic E-state index is 0.136. The highest BCUT2D eigenvalue weighted by Crippen LogP contribution is 2.24. The molecule has 0 N–H and O–H groups in total. The lowest BCUT2D eigenvalue weighted by Gasteiger charge is -2.10. The Labute approximate surface area is 150 Å². The van der Waals surface area contributed by atoms with E-state index in [1.165, 1.54) is 22.7 Å². The van der Waals surface area contributed by atoms with E-state index in [1.807, 2.05) is 12.1 Å². The van der Waals surface area contributed by atoms with E-state index >= 15 is 0 Å². The van der Waals surface area contributed by atoms with Crippen LogP contribution in [0.25, 0.3) is 27.8 Å². The van der Waals surface area contributed by atoms with Crippen molar-refractivity contribution < 1.29 is 4.39 Å². The van der Waals surface area contributed by atoms with Crippen molar-refractivity contribution in [2.45, 2.75) is 5.16 Å². The number of fused-ring (bicyclic) bond motifs is 3. The largest absolute Gasteiger partial charge is 0.300 e. The van der Waals surface area contributed by atoms with Crippen LogP contribution in [0.4, 0.5) is 4.39 Å². The first kappa shape index (κ1) is 16.2. The highest BCUT2D eigenvalue weighted by molar-refractivity contribution is 7.99. The third-order valence-electron chi connectivity index (χ3n) is 3.72. The molecule has 2 heterocycles. The fourth-order valence-corrected chi connectivity index (χ4v) is 3.20. The van der Waals surface area contributed by atoms with E-state index in [4.69, 9.17) is 5.26 Å². The maximum absolute atomic E-state index is 13.6. The molecule has 0 aliphatic heterocycles. The quantitative estimate of drug-likeness (QED) is 0.316. The molecule has 4 rings (SSSR count). The maximum atomic E-state index is 13.6. The van der Waals surface area contributed by atoms with Gasteiger partial charge in [-0.15, -0.1) is 0 Å². The van der Waals surface area contributed by atoms with E-state index in [9.17, 15) is 9.18 Å². The molecule has 0 unspecified atom stereocenters. The molecule has 0 radical (unpaired) electrons. The molecule has 8 heteroatoms.